The van der Waals surface area contributed by atoms with Crippen LogP contribution in [0.3, 0.4) is 0 Å². The molecule has 1 fully saturated rings. The van der Waals surface area contributed by atoms with Crippen molar-refractivity contribution in [3.05, 3.63) is 10.6 Å². The summed E-state index contributed by atoms with van der Waals surface area (Å²) in [4.78, 5) is 12.8. The molecule has 0 N–H and O–H groups in total. The van der Waals surface area contributed by atoms with E-state index >= 15 is 0 Å². The van der Waals surface area contributed by atoms with E-state index < -0.39 is 0 Å². The second-order valence-corrected chi connectivity index (χ2v) is 4.82. The molecule has 1 aliphatic rings. The molecule has 15 heavy (non-hydrogen) atoms. The first-order valence-corrected chi connectivity index (χ1v) is 5.91. The highest BCUT2D eigenvalue weighted by Crippen LogP contribution is 2.25. The molecule has 2 rings (SSSR count). The maximum absolute atomic E-state index is 12.1. The van der Waals surface area contributed by atoms with Crippen LogP contribution in [0.2, 0.25) is 0 Å². The Bertz CT molecular complexity index is 356. The molecule has 0 radical (unpaired) electrons. The number of aromatic nitrogens is 2. The van der Waals surface area contributed by atoms with Crippen LogP contribution in [0.1, 0.15) is 41.6 Å². The molecule has 1 aliphatic heterocycles. The van der Waals surface area contributed by atoms with Crippen LogP contribution in [0.5, 0.6) is 0 Å². The van der Waals surface area contributed by atoms with Gasteiger partial charge in [-0.1, -0.05) is 18.3 Å². The summed E-state index contributed by atoms with van der Waals surface area (Å²) in [5.41, 5.74) is 0.830. The van der Waals surface area contributed by atoms with Crippen LogP contribution in [0, 0.1) is 5.92 Å². The number of carbonyl (C=O) groups is 1. The van der Waals surface area contributed by atoms with Gasteiger partial charge in [-0.25, -0.2) is 0 Å². The highest BCUT2D eigenvalue weighted by atomic mass is 32.1. The first-order valence-electron chi connectivity index (χ1n) is 5.14. The number of ether oxygens (including phenoxy) is 1. The topological polar surface area (TPSA) is 52.1 Å². The minimum absolute atomic E-state index is 0.0183. The molecule has 0 bridgehead atoms. The summed E-state index contributed by atoms with van der Waals surface area (Å²) in [6.07, 6.45) is 0.828. The van der Waals surface area contributed by atoms with Gasteiger partial charge < -0.3 is 4.74 Å². The lowest BCUT2D eigenvalue weighted by Gasteiger charge is -2.06. The van der Waals surface area contributed by atoms with Crippen molar-refractivity contribution in [2.75, 3.05) is 13.2 Å². The van der Waals surface area contributed by atoms with Crippen molar-refractivity contribution in [1.29, 1.82) is 0 Å². The smallest absolute Gasteiger partial charge is 0.181 e. The van der Waals surface area contributed by atoms with E-state index in [0.29, 0.717) is 13.2 Å². The normalized spacial score (nSPS) is 21.1. The Morgan fingerprint density at radius 1 is 1.60 bits per heavy atom. The van der Waals surface area contributed by atoms with Crippen molar-refractivity contribution >= 4 is 17.3 Å². The third kappa shape index (κ3) is 2.08. The highest BCUT2D eigenvalue weighted by Gasteiger charge is 2.29. The van der Waals surface area contributed by atoms with E-state index in [-0.39, 0.29) is 17.6 Å². The standard InChI is InChI=1S/C10H14N2O2S/c1-6(2)8-10(15-12-11-8)9(13)7-3-4-14-5-7/h6-7H,3-5H2,1-2H3. The number of Topliss-reactive ketones (excluding diaryl/α,β-unsaturated/α-hetero) is 1. The number of carbonyl (C=O) groups excluding carboxylic acids is 1. The summed E-state index contributed by atoms with van der Waals surface area (Å²) in [7, 11) is 0. The Balaban J connectivity index is 2.20. The maximum atomic E-state index is 12.1. The number of hydrogen-bond acceptors (Lipinski definition) is 5. The average molecular weight is 226 g/mol. The van der Waals surface area contributed by atoms with E-state index in [1.165, 1.54) is 11.5 Å². The lowest BCUT2D eigenvalue weighted by atomic mass is 9.99. The zero-order valence-corrected chi connectivity index (χ0v) is 9.71. The largest absolute Gasteiger partial charge is 0.381 e. The van der Waals surface area contributed by atoms with Gasteiger partial charge in [-0.15, -0.1) is 5.10 Å². The van der Waals surface area contributed by atoms with Gasteiger partial charge in [0, 0.05) is 12.5 Å². The predicted molar refractivity (Wildman–Crippen MR) is 57.3 cm³/mol. The van der Waals surface area contributed by atoms with Gasteiger partial charge in [0.05, 0.1) is 12.3 Å². The van der Waals surface area contributed by atoms with Crippen LogP contribution in [0.15, 0.2) is 0 Å². The van der Waals surface area contributed by atoms with Crippen molar-refractivity contribution in [2.45, 2.75) is 26.2 Å². The number of hydrogen-bond donors (Lipinski definition) is 0. The van der Waals surface area contributed by atoms with Crippen molar-refractivity contribution in [3.8, 4) is 0 Å². The summed E-state index contributed by atoms with van der Waals surface area (Å²) >= 11 is 1.21. The molecule has 1 atom stereocenters. The number of nitrogens with zero attached hydrogens (tertiary/aromatic N) is 2. The van der Waals surface area contributed by atoms with Gasteiger partial charge in [0.25, 0.3) is 0 Å². The molecule has 0 spiro atoms. The second kappa shape index (κ2) is 4.37. The molecule has 4 nitrogen and oxygen atoms in total. The summed E-state index contributed by atoms with van der Waals surface area (Å²) in [6.45, 7) is 5.30. The fourth-order valence-electron chi connectivity index (χ4n) is 1.67. The molecule has 0 saturated carbocycles. The fourth-order valence-corrected chi connectivity index (χ4v) is 2.51. The molecule has 1 aromatic rings. The summed E-state index contributed by atoms with van der Waals surface area (Å²) in [5.74, 6) is 0.431. The molecule has 2 heterocycles. The van der Waals surface area contributed by atoms with Gasteiger partial charge in [-0.2, -0.15) is 0 Å². The maximum Gasteiger partial charge on any atom is 0.181 e. The van der Waals surface area contributed by atoms with Crippen LogP contribution in [0.4, 0.5) is 0 Å². The van der Waals surface area contributed by atoms with E-state index in [2.05, 4.69) is 9.59 Å². The molecule has 0 aliphatic carbocycles. The lowest BCUT2D eigenvalue weighted by Crippen LogP contribution is -2.15. The summed E-state index contributed by atoms with van der Waals surface area (Å²) in [6, 6.07) is 0. The molecule has 82 valence electrons. The molecule has 0 aromatic carbocycles. The third-order valence-corrected chi connectivity index (χ3v) is 3.34. The van der Waals surface area contributed by atoms with Crippen molar-refractivity contribution in [3.63, 3.8) is 0 Å². The van der Waals surface area contributed by atoms with Crippen LogP contribution in [-0.2, 0) is 4.74 Å². The van der Waals surface area contributed by atoms with Gasteiger partial charge >= 0.3 is 0 Å². The van der Waals surface area contributed by atoms with Gasteiger partial charge in [-0.3, -0.25) is 4.79 Å². The summed E-state index contributed by atoms with van der Waals surface area (Å²) < 4.78 is 9.09. The minimum Gasteiger partial charge on any atom is -0.381 e. The molecular weight excluding hydrogens is 212 g/mol. The molecular formula is C10H14N2O2S. The van der Waals surface area contributed by atoms with Crippen molar-refractivity contribution < 1.29 is 9.53 Å². The monoisotopic (exact) mass is 226 g/mol. The number of rotatable bonds is 3. The molecule has 0 amide bonds. The first kappa shape index (κ1) is 10.7. The predicted octanol–water partition coefficient (Wildman–Crippen LogP) is 1.88. The van der Waals surface area contributed by atoms with Gasteiger partial charge in [0.2, 0.25) is 0 Å². The van der Waals surface area contributed by atoms with E-state index in [9.17, 15) is 4.79 Å². The van der Waals surface area contributed by atoms with Gasteiger partial charge in [0.15, 0.2) is 5.78 Å². The second-order valence-electron chi connectivity index (χ2n) is 4.07. The van der Waals surface area contributed by atoms with E-state index in [4.69, 9.17) is 4.74 Å². The molecule has 1 aromatic heterocycles. The van der Waals surface area contributed by atoms with Crippen molar-refractivity contribution in [2.24, 2.45) is 5.92 Å². The zero-order chi connectivity index (χ0) is 10.8. The average Bonchev–Trinajstić information content (AvgIpc) is 2.88. The molecule has 5 heteroatoms. The Kier molecular flexibility index (Phi) is 3.11. The lowest BCUT2D eigenvalue weighted by molar-refractivity contribution is 0.0903. The summed E-state index contributed by atoms with van der Waals surface area (Å²) in [5, 5.41) is 4.02. The number of ketones is 1. The van der Waals surface area contributed by atoms with Crippen LogP contribution >= 0.6 is 11.5 Å². The van der Waals surface area contributed by atoms with Gasteiger partial charge in [-0.05, 0) is 23.9 Å². The fraction of sp³-hybridized carbons (Fsp3) is 0.700. The van der Waals surface area contributed by atoms with E-state index in [1.54, 1.807) is 0 Å². The Labute approximate surface area is 92.8 Å². The SMILES string of the molecule is CC(C)c1nnsc1C(=O)C1CCOC1. The minimum atomic E-state index is 0.0183. The Morgan fingerprint density at radius 3 is 3.00 bits per heavy atom. The molecule has 1 unspecified atom stereocenters. The zero-order valence-electron chi connectivity index (χ0n) is 8.90. The van der Waals surface area contributed by atoms with Crippen molar-refractivity contribution in [1.82, 2.24) is 9.59 Å². The quantitative estimate of drug-likeness (QED) is 0.738. The Morgan fingerprint density at radius 2 is 2.40 bits per heavy atom. The van der Waals surface area contributed by atoms with Crippen LogP contribution in [0.25, 0.3) is 0 Å². The Hall–Kier alpha value is -0.810. The van der Waals surface area contributed by atoms with E-state index in [1.807, 2.05) is 13.8 Å². The molecule has 1 saturated heterocycles. The van der Waals surface area contributed by atoms with E-state index in [0.717, 1.165) is 17.0 Å². The van der Waals surface area contributed by atoms with Crippen LogP contribution < -0.4 is 0 Å². The van der Waals surface area contributed by atoms with Crippen LogP contribution in [-0.4, -0.2) is 28.6 Å². The first-order chi connectivity index (χ1) is 7.20. The van der Waals surface area contributed by atoms with Gasteiger partial charge in [0.1, 0.15) is 4.88 Å². The third-order valence-electron chi connectivity index (χ3n) is 2.58. The highest BCUT2D eigenvalue weighted by molar-refractivity contribution is 7.08.